The Hall–Kier alpha value is -3.50. The van der Waals surface area contributed by atoms with Crippen molar-refractivity contribution in [1.29, 1.82) is 0 Å². The molecule has 0 amide bonds. The van der Waals surface area contributed by atoms with Gasteiger partial charge in [0.2, 0.25) is 0 Å². The van der Waals surface area contributed by atoms with E-state index in [2.05, 4.69) is 66.6 Å². The lowest BCUT2D eigenvalue weighted by Crippen LogP contribution is -2.25. The zero-order valence-corrected chi connectivity index (χ0v) is 18.0. The Morgan fingerprint density at radius 2 is 1.65 bits per heavy atom. The molecule has 0 aliphatic rings. The average molecular weight is 409 g/mol. The van der Waals surface area contributed by atoms with Gasteiger partial charge in [0.25, 0.3) is 0 Å². The van der Waals surface area contributed by atoms with Crippen LogP contribution in [-0.4, -0.2) is 16.5 Å². The van der Waals surface area contributed by atoms with Gasteiger partial charge in [0.05, 0.1) is 5.69 Å². The largest absolute Gasteiger partial charge is 0.370 e. The maximum absolute atomic E-state index is 6.47. The molecule has 2 aromatic heterocycles. The first kappa shape index (κ1) is 20.8. The van der Waals surface area contributed by atoms with Crippen molar-refractivity contribution < 1.29 is 0 Å². The molecule has 0 aliphatic heterocycles. The third kappa shape index (κ3) is 4.98. The van der Waals surface area contributed by atoms with Crippen molar-refractivity contribution in [2.24, 2.45) is 11.7 Å². The van der Waals surface area contributed by atoms with Crippen LogP contribution in [0, 0.1) is 12.8 Å². The van der Waals surface area contributed by atoms with Crippen LogP contribution in [0.25, 0.3) is 22.4 Å². The molecular weight excluding hydrogens is 380 g/mol. The summed E-state index contributed by atoms with van der Waals surface area (Å²) in [5.41, 5.74) is 13.1. The maximum atomic E-state index is 6.47. The number of hydrogen-bond donors (Lipinski definition) is 2. The first-order valence-electron chi connectivity index (χ1n) is 10.6. The van der Waals surface area contributed by atoms with Gasteiger partial charge in [-0.1, -0.05) is 67.1 Å². The molecule has 0 aliphatic carbocycles. The lowest BCUT2D eigenvalue weighted by atomic mass is 9.95. The van der Waals surface area contributed by atoms with Gasteiger partial charge in [-0.25, -0.2) is 4.98 Å². The summed E-state index contributed by atoms with van der Waals surface area (Å²) in [5, 5.41) is 3.49. The normalized spacial score (nSPS) is 12.9. The highest BCUT2D eigenvalue weighted by molar-refractivity contribution is 5.82. The van der Waals surface area contributed by atoms with E-state index >= 15 is 0 Å². The number of hydrogen-bond acceptors (Lipinski definition) is 4. The second-order valence-corrected chi connectivity index (χ2v) is 7.99. The summed E-state index contributed by atoms with van der Waals surface area (Å²) in [6.07, 6.45) is 3.61. The van der Waals surface area contributed by atoms with Crippen molar-refractivity contribution >= 4 is 5.82 Å². The fourth-order valence-electron chi connectivity index (χ4n) is 3.73. The van der Waals surface area contributed by atoms with Crippen LogP contribution in [-0.2, 0) is 0 Å². The summed E-state index contributed by atoms with van der Waals surface area (Å²) >= 11 is 0. The van der Waals surface area contributed by atoms with Gasteiger partial charge in [-0.05, 0) is 48.2 Å². The molecule has 4 heteroatoms. The topological polar surface area (TPSA) is 63.8 Å². The summed E-state index contributed by atoms with van der Waals surface area (Å²) in [6, 6.07) is 26.9. The minimum absolute atomic E-state index is 0.0278. The highest BCUT2D eigenvalue weighted by Crippen LogP contribution is 2.32. The lowest BCUT2D eigenvalue weighted by Gasteiger charge is -2.21. The highest BCUT2D eigenvalue weighted by atomic mass is 15.0. The summed E-state index contributed by atoms with van der Waals surface area (Å²) in [7, 11) is 0. The molecule has 3 N–H and O–H groups in total. The number of pyridine rings is 2. The number of nitrogens with one attached hydrogen (secondary N) is 1. The Bertz CT molecular complexity index is 1130. The van der Waals surface area contributed by atoms with Crippen LogP contribution in [0.1, 0.15) is 24.1 Å². The van der Waals surface area contributed by atoms with Crippen LogP contribution < -0.4 is 11.1 Å². The number of nitrogens with zero attached hydrogens (tertiary/aromatic N) is 2. The molecule has 2 aromatic carbocycles. The van der Waals surface area contributed by atoms with E-state index in [1.807, 2.05) is 36.4 Å². The molecule has 4 aromatic rings. The SMILES string of the molecule is Cc1cccc(-c2ccc(NC[C@@H](C)[C@@H](N)c3ccccc3)nc2-c2ccncc2)c1. The molecule has 0 saturated carbocycles. The van der Waals surface area contributed by atoms with Crippen LogP contribution in [0.4, 0.5) is 5.82 Å². The minimum Gasteiger partial charge on any atom is -0.370 e. The Balaban J connectivity index is 1.59. The third-order valence-electron chi connectivity index (χ3n) is 5.58. The first-order valence-corrected chi connectivity index (χ1v) is 10.6. The van der Waals surface area contributed by atoms with Crippen molar-refractivity contribution in [2.45, 2.75) is 19.9 Å². The number of nitrogens with two attached hydrogens (primary N) is 1. The molecule has 4 nitrogen and oxygen atoms in total. The van der Waals surface area contributed by atoms with Crippen LogP contribution in [0.2, 0.25) is 0 Å². The van der Waals surface area contributed by atoms with E-state index in [0.717, 1.165) is 40.3 Å². The van der Waals surface area contributed by atoms with Gasteiger partial charge < -0.3 is 11.1 Å². The predicted molar refractivity (Wildman–Crippen MR) is 129 cm³/mol. The summed E-state index contributed by atoms with van der Waals surface area (Å²) in [6.45, 7) is 5.01. The molecule has 0 saturated heterocycles. The molecular formula is C27H28N4. The second kappa shape index (κ2) is 9.54. The zero-order valence-electron chi connectivity index (χ0n) is 18.0. The average Bonchev–Trinajstić information content (AvgIpc) is 2.83. The molecule has 31 heavy (non-hydrogen) atoms. The number of anilines is 1. The second-order valence-electron chi connectivity index (χ2n) is 7.99. The van der Waals surface area contributed by atoms with E-state index < -0.39 is 0 Å². The summed E-state index contributed by atoms with van der Waals surface area (Å²) in [4.78, 5) is 9.13. The van der Waals surface area contributed by atoms with Crippen LogP contribution >= 0.6 is 0 Å². The van der Waals surface area contributed by atoms with Gasteiger partial charge >= 0.3 is 0 Å². The third-order valence-corrected chi connectivity index (χ3v) is 5.58. The quantitative estimate of drug-likeness (QED) is 0.402. The van der Waals surface area contributed by atoms with Crippen molar-refractivity contribution in [2.75, 3.05) is 11.9 Å². The van der Waals surface area contributed by atoms with Crippen molar-refractivity contribution in [3.63, 3.8) is 0 Å². The van der Waals surface area contributed by atoms with Gasteiger partial charge in [0.15, 0.2) is 0 Å². The predicted octanol–water partition coefficient (Wildman–Crippen LogP) is 5.87. The Morgan fingerprint density at radius 3 is 2.39 bits per heavy atom. The smallest absolute Gasteiger partial charge is 0.126 e. The Morgan fingerprint density at radius 1 is 0.871 bits per heavy atom. The monoisotopic (exact) mass is 408 g/mol. The first-order chi connectivity index (χ1) is 15.1. The van der Waals surface area contributed by atoms with Crippen LogP contribution in [0.15, 0.2) is 91.3 Å². The number of aromatic nitrogens is 2. The van der Waals surface area contributed by atoms with Crippen molar-refractivity contribution in [3.8, 4) is 22.4 Å². The van der Waals surface area contributed by atoms with Gasteiger partial charge in [0.1, 0.15) is 5.82 Å². The van der Waals surface area contributed by atoms with E-state index in [9.17, 15) is 0 Å². The number of rotatable bonds is 7. The minimum atomic E-state index is -0.0278. The summed E-state index contributed by atoms with van der Waals surface area (Å²) in [5.74, 6) is 1.10. The molecule has 0 fully saturated rings. The van der Waals surface area contributed by atoms with Gasteiger partial charge in [-0.3, -0.25) is 4.98 Å². The van der Waals surface area contributed by atoms with E-state index in [0.29, 0.717) is 0 Å². The van der Waals surface area contributed by atoms with Crippen molar-refractivity contribution in [1.82, 2.24) is 9.97 Å². The van der Waals surface area contributed by atoms with Gasteiger partial charge in [-0.2, -0.15) is 0 Å². The molecule has 0 bridgehead atoms. The molecule has 4 rings (SSSR count). The van der Waals surface area contributed by atoms with Crippen LogP contribution in [0.3, 0.4) is 0 Å². The van der Waals surface area contributed by atoms with E-state index in [1.54, 1.807) is 12.4 Å². The van der Waals surface area contributed by atoms with Crippen LogP contribution in [0.5, 0.6) is 0 Å². The van der Waals surface area contributed by atoms with E-state index in [4.69, 9.17) is 10.7 Å². The highest BCUT2D eigenvalue weighted by Gasteiger charge is 2.16. The molecule has 156 valence electrons. The maximum Gasteiger partial charge on any atom is 0.126 e. The standard InChI is InChI=1S/C27H28N4/c1-19-7-6-10-23(17-19)24-11-12-25(31-27(24)22-13-15-29-16-14-22)30-18-20(2)26(28)21-8-4-3-5-9-21/h3-17,20,26H,18,28H2,1-2H3,(H,30,31)/t20-,26-/m1/s1. The molecule has 0 unspecified atom stereocenters. The lowest BCUT2D eigenvalue weighted by molar-refractivity contribution is 0.493. The van der Waals surface area contributed by atoms with Gasteiger partial charge in [0, 0.05) is 36.1 Å². The van der Waals surface area contributed by atoms with Crippen molar-refractivity contribution in [3.05, 3.63) is 102 Å². The van der Waals surface area contributed by atoms with E-state index in [1.165, 1.54) is 5.56 Å². The van der Waals surface area contributed by atoms with E-state index in [-0.39, 0.29) is 12.0 Å². The molecule has 0 spiro atoms. The molecule has 2 atom stereocenters. The van der Waals surface area contributed by atoms with Gasteiger partial charge in [-0.15, -0.1) is 0 Å². The fraction of sp³-hybridized carbons (Fsp3) is 0.185. The number of aryl methyl sites for hydroxylation is 1. The summed E-state index contributed by atoms with van der Waals surface area (Å²) < 4.78 is 0. The Kier molecular flexibility index (Phi) is 6.39. The zero-order chi connectivity index (χ0) is 21.6. The number of benzene rings is 2. The molecule has 0 radical (unpaired) electrons. The molecule has 2 heterocycles. The fourth-order valence-corrected chi connectivity index (χ4v) is 3.73. The Labute approximate surface area is 184 Å².